The van der Waals surface area contributed by atoms with E-state index in [9.17, 15) is 13.2 Å². The first-order chi connectivity index (χ1) is 12.3. The van der Waals surface area contributed by atoms with Gasteiger partial charge in [-0.1, -0.05) is 12.1 Å². The van der Waals surface area contributed by atoms with Crippen LogP contribution in [0.5, 0.6) is 0 Å². The van der Waals surface area contributed by atoms with Crippen molar-refractivity contribution in [1.82, 2.24) is 19.6 Å². The molecule has 1 aromatic carbocycles. The molecule has 0 aliphatic heterocycles. The molecule has 0 aliphatic rings. The van der Waals surface area contributed by atoms with Crippen LogP contribution in [0.4, 0.5) is 5.69 Å². The molecule has 26 heavy (non-hydrogen) atoms. The Morgan fingerprint density at radius 2 is 2.04 bits per heavy atom. The van der Waals surface area contributed by atoms with Gasteiger partial charge in [-0.3, -0.25) is 4.72 Å². The Kier molecular flexibility index (Phi) is 4.60. The number of hydrogen-bond donors (Lipinski definition) is 1. The summed E-state index contributed by atoms with van der Waals surface area (Å²) in [5.74, 6) is -0.469. The Hall–Kier alpha value is -3.01. The molecule has 0 amide bonds. The third kappa shape index (κ3) is 3.49. The van der Waals surface area contributed by atoms with Crippen LogP contribution in [0.2, 0.25) is 0 Å². The van der Waals surface area contributed by atoms with E-state index in [4.69, 9.17) is 4.74 Å². The van der Waals surface area contributed by atoms with E-state index in [1.54, 1.807) is 39.0 Å². The first kappa shape index (κ1) is 17.8. The highest BCUT2D eigenvalue weighted by atomic mass is 32.2. The Labute approximate surface area is 150 Å². The number of fused-ring (bicyclic) bond motifs is 1. The minimum atomic E-state index is -4.12. The minimum absolute atomic E-state index is 0.115. The van der Waals surface area contributed by atoms with Gasteiger partial charge in [-0.2, -0.15) is 13.4 Å². The van der Waals surface area contributed by atoms with Gasteiger partial charge < -0.3 is 4.74 Å². The molecule has 0 radical (unpaired) electrons. The van der Waals surface area contributed by atoms with Gasteiger partial charge in [0.15, 0.2) is 0 Å². The van der Waals surface area contributed by atoms with E-state index in [-0.39, 0.29) is 23.1 Å². The molecule has 0 saturated heterocycles. The first-order valence-electron chi connectivity index (χ1n) is 7.79. The van der Waals surface area contributed by atoms with Gasteiger partial charge in [0.1, 0.15) is 0 Å². The number of nitrogens with zero attached hydrogens (tertiary/aromatic N) is 4. The zero-order valence-corrected chi connectivity index (χ0v) is 15.2. The van der Waals surface area contributed by atoms with Crippen LogP contribution in [-0.2, 0) is 14.8 Å². The predicted molar refractivity (Wildman–Crippen MR) is 93.3 cm³/mol. The summed E-state index contributed by atoms with van der Waals surface area (Å²) in [6, 6.07) is 6.43. The molecule has 3 rings (SSSR count). The molecule has 0 bridgehead atoms. The molecular weight excluding hydrogens is 358 g/mol. The van der Waals surface area contributed by atoms with Crippen LogP contribution in [0.3, 0.4) is 0 Å². The second-order valence-electron chi connectivity index (χ2n) is 5.82. The fourth-order valence-electron chi connectivity index (χ4n) is 2.26. The van der Waals surface area contributed by atoms with Gasteiger partial charge in [0.2, 0.25) is 0 Å². The van der Waals surface area contributed by atoms with Crippen molar-refractivity contribution >= 4 is 27.5 Å². The number of carbonyl (C=O) groups is 1. The monoisotopic (exact) mass is 375 g/mol. The normalized spacial score (nSPS) is 11.7. The molecule has 1 N–H and O–H groups in total. The maximum Gasteiger partial charge on any atom is 0.340 e. The van der Waals surface area contributed by atoms with E-state index >= 15 is 0 Å². The lowest BCUT2D eigenvalue weighted by Gasteiger charge is -2.14. The number of esters is 1. The summed E-state index contributed by atoms with van der Waals surface area (Å²) >= 11 is 0. The number of ether oxygens (including phenoxy) is 1. The summed E-state index contributed by atoms with van der Waals surface area (Å²) in [6.07, 6.45) is 2.68. The lowest BCUT2D eigenvalue weighted by Crippen LogP contribution is -2.20. The number of hydrogen-bond acceptors (Lipinski definition) is 7. The van der Waals surface area contributed by atoms with Crippen molar-refractivity contribution in [1.29, 1.82) is 0 Å². The minimum Gasteiger partial charge on any atom is -0.459 e. The number of aryl methyl sites for hydroxylation is 1. The molecular formula is C16H17N5O4S. The van der Waals surface area contributed by atoms with E-state index < -0.39 is 21.1 Å². The molecule has 0 unspecified atom stereocenters. The maximum atomic E-state index is 12.7. The number of anilines is 1. The van der Waals surface area contributed by atoms with Crippen LogP contribution in [0, 0.1) is 6.92 Å². The number of para-hydroxylation sites is 1. The van der Waals surface area contributed by atoms with E-state index in [1.165, 1.54) is 23.0 Å². The fourth-order valence-corrected chi connectivity index (χ4v) is 3.29. The molecule has 136 valence electrons. The van der Waals surface area contributed by atoms with Crippen molar-refractivity contribution in [2.45, 2.75) is 32.0 Å². The lowest BCUT2D eigenvalue weighted by atomic mass is 10.1. The SMILES string of the molecule is Cc1cccc(C(=O)OC(C)C)c1NS(=O)(=O)c1nc2ncccn2n1. The third-order valence-electron chi connectivity index (χ3n) is 3.41. The smallest absolute Gasteiger partial charge is 0.340 e. The predicted octanol–water partition coefficient (Wildman–Crippen LogP) is 1.80. The van der Waals surface area contributed by atoms with Gasteiger partial charge in [-0.05, 0) is 38.5 Å². The number of rotatable bonds is 5. The third-order valence-corrected chi connectivity index (χ3v) is 4.54. The van der Waals surface area contributed by atoms with Crippen molar-refractivity contribution in [2.24, 2.45) is 0 Å². The van der Waals surface area contributed by atoms with Crippen molar-refractivity contribution in [3.05, 3.63) is 47.8 Å². The Bertz CT molecular complexity index is 1040. The zero-order valence-electron chi connectivity index (χ0n) is 14.4. The average Bonchev–Trinajstić information content (AvgIpc) is 3.01. The summed E-state index contributed by atoms with van der Waals surface area (Å²) < 4.78 is 34.2. The van der Waals surface area contributed by atoms with Gasteiger partial charge in [-0.25, -0.2) is 14.3 Å². The molecule has 2 aromatic heterocycles. The summed E-state index contributed by atoms with van der Waals surface area (Å²) in [5.41, 5.74) is 0.808. The molecule has 9 nitrogen and oxygen atoms in total. The zero-order chi connectivity index (χ0) is 18.9. The van der Waals surface area contributed by atoms with Gasteiger partial charge in [0.25, 0.3) is 21.0 Å². The molecule has 3 aromatic rings. The number of aromatic nitrogens is 4. The summed E-state index contributed by atoms with van der Waals surface area (Å²) in [7, 11) is -4.12. The number of nitrogens with one attached hydrogen (secondary N) is 1. The van der Waals surface area contributed by atoms with E-state index in [0.717, 1.165) is 0 Å². The highest BCUT2D eigenvalue weighted by molar-refractivity contribution is 7.92. The van der Waals surface area contributed by atoms with Crippen molar-refractivity contribution < 1.29 is 17.9 Å². The van der Waals surface area contributed by atoms with Crippen molar-refractivity contribution in [2.75, 3.05) is 4.72 Å². The largest absolute Gasteiger partial charge is 0.459 e. The molecule has 10 heteroatoms. The highest BCUT2D eigenvalue weighted by Gasteiger charge is 2.25. The summed E-state index contributed by atoms with van der Waals surface area (Å²) in [6.45, 7) is 5.11. The second kappa shape index (κ2) is 6.71. The lowest BCUT2D eigenvalue weighted by molar-refractivity contribution is 0.0379. The Balaban J connectivity index is 2.00. The van der Waals surface area contributed by atoms with E-state index in [2.05, 4.69) is 19.8 Å². The molecule has 0 atom stereocenters. The van der Waals surface area contributed by atoms with Gasteiger partial charge >= 0.3 is 5.97 Å². The average molecular weight is 375 g/mol. The standard InChI is InChI=1S/C16H17N5O4S/c1-10(2)25-14(22)12-7-4-6-11(3)13(12)20-26(23,24)16-18-15-17-8-5-9-21(15)19-16/h4-10,20H,1-3H3. The Morgan fingerprint density at radius 3 is 2.73 bits per heavy atom. The number of benzene rings is 1. The Morgan fingerprint density at radius 1 is 1.27 bits per heavy atom. The van der Waals surface area contributed by atoms with Gasteiger partial charge in [0.05, 0.1) is 17.4 Å². The van der Waals surface area contributed by atoms with Gasteiger partial charge in [0, 0.05) is 12.4 Å². The fraction of sp³-hybridized carbons (Fsp3) is 0.250. The molecule has 2 heterocycles. The molecule has 0 spiro atoms. The van der Waals surface area contributed by atoms with Crippen LogP contribution in [0.15, 0.2) is 41.8 Å². The summed E-state index contributed by atoms with van der Waals surface area (Å²) in [4.78, 5) is 20.1. The number of sulfonamides is 1. The maximum absolute atomic E-state index is 12.7. The molecule has 0 fully saturated rings. The van der Waals surface area contributed by atoms with Crippen LogP contribution >= 0.6 is 0 Å². The van der Waals surface area contributed by atoms with Crippen molar-refractivity contribution in [3.8, 4) is 0 Å². The van der Waals surface area contributed by atoms with Crippen LogP contribution in [0.25, 0.3) is 5.78 Å². The quantitative estimate of drug-likeness (QED) is 0.676. The van der Waals surface area contributed by atoms with Crippen LogP contribution in [-0.4, -0.2) is 40.1 Å². The van der Waals surface area contributed by atoms with Crippen molar-refractivity contribution in [3.63, 3.8) is 0 Å². The molecule has 0 aliphatic carbocycles. The van der Waals surface area contributed by atoms with Crippen LogP contribution in [0.1, 0.15) is 29.8 Å². The highest BCUT2D eigenvalue weighted by Crippen LogP contribution is 2.24. The van der Waals surface area contributed by atoms with E-state index in [0.29, 0.717) is 5.56 Å². The first-order valence-corrected chi connectivity index (χ1v) is 9.27. The van der Waals surface area contributed by atoms with Gasteiger partial charge in [-0.15, -0.1) is 5.10 Å². The van der Waals surface area contributed by atoms with E-state index in [1.807, 2.05) is 0 Å². The number of carbonyl (C=O) groups excluding carboxylic acids is 1. The second-order valence-corrected chi connectivity index (χ2v) is 7.39. The molecule has 0 saturated carbocycles. The summed E-state index contributed by atoms with van der Waals surface area (Å²) in [5, 5.41) is 3.47. The van der Waals surface area contributed by atoms with Crippen LogP contribution < -0.4 is 4.72 Å². The topological polar surface area (TPSA) is 116 Å².